The first-order valence-corrected chi connectivity index (χ1v) is 7.52. The molecule has 1 saturated heterocycles. The van der Waals surface area contributed by atoms with E-state index >= 15 is 0 Å². The van der Waals surface area contributed by atoms with Crippen molar-refractivity contribution in [1.82, 2.24) is 15.5 Å². The van der Waals surface area contributed by atoms with Crippen molar-refractivity contribution in [2.45, 2.75) is 31.3 Å². The predicted octanol–water partition coefficient (Wildman–Crippen LogP) is 1.19. The summed E-state index contributed by atoms with van der Waals surface area (Å²) in [5.41, 5.74) is -0.0663. The third kappa shape index (κ3) is 3.25. The first-order valence-electron chi connectivity index (χ1n) is 7.52. The van der Waals surface area contributed by atoms with Gasteiger partial charge in [-0.05, 0) is 31.9 Å². The van der Waals surface area contributed by atoms with Crippen LogP contribution in [0.1, 0.15) is 30.1 Å². The summed E-state index contributed by atoms with van der Waals surface area (Å²) in [6.45, 7) is 4.38. The molecule has 0 radical (unpaired) electrons. The van der Waals surface area contributed by atoms with Crippen LogP contribution in [0.15, 0.2) is 30.3 Å². The van der Waals surface area contributed by atoms with Crippen molar-refractivity contribution in [1.29, 1.82) is 0 Å². The Morgan fingerprint density at radius 1 is 1.27 bits per heavy atom. The minimum Gasteiger partial charge on any atom is -0.338 e. The normalized spacial score (nSPS) is 22.4. The highest BCUT2D eigenvalue weighted by Gasteiger charge is 2.53. The molecule has 2 fully saturated rings. The molecule has 1 aliphatic heterocycles. The number of benzene rings is 1. The van der Waals surface area contributed by atoms with Gasteiger partial charge < -0.3 is 15.5 Å². The van der Waals surface area contributed by atoms with Gasteiger partial charge in [0.1, 0.15) is 5.54 Å². The Morgan fingerprint density at radius 2 is 1.95 bits per heavy atom. The molecule has 0 bridgehead atoms. The van der Waals surface area contributed by atoms with E-state index in [4.69, 9.17) is 0 Å². The fourth-order valence-electron chi connectivity index (χ4n) is 2.81. The maximum Gasteiger partial charge on any atom is 0.252 e. The van der Waals surface area contributed by atoms with E-state index < -0.39 is 5.54 Å². The van der Waals surface area contributed by atoms with E-state index in [9.17, 15) is 9.59 Å². The van der Waals surface area contributed by atoms with Crippen LogP contribution < -0.4 is 10.6 Å². The SMILES string of the molecule is CC1CNCCN1C(=O)C1(NC(=O)c2ccccc2)CC1.Cl. The third-order valence-electron chi connectivity index (χ3n) is 4.31. The molecule has 6 heteroatoms. The molecular formula is C16H22ClN3O2. The molecule has 1 heterocycles. The molecule has 1 saturated carbocycles. The van der Waals surface area contributed by atoms with E-state index in [0.717, 1.165) is 25.9 Å². The van der Waals surface area contributed by atoms with Gasteiger partial charge in [-0.25, -0.2) is 0 Å². The van der Waals surface area contributed by atoms with Crippen LogP contribution in [0.25, 0.3) is 0 Å². The van der Waals surface area contributed by atoms with Gasteiger partial charge in [0.15, 0.2) is 0 Å². The molecule has 5 nitrogen and oxygen atoms in total. The number of nitrogens with zero attached hydrogens (tertiary/aromatic N) is 1. The predicted molar refractivity (Wildman–Crippen MR) is 87.2 cm³/mol. The van der Waals surface area contributed by atoms with Crippen LogP contribution in [-0.2, 0) is 4.79 Å². The van der Waals surface area contributed by atoms with E-state index in [1.807, 2.05) is 30.0 Å². The van der Waals surface area contributed by atoms with Crippen LogP contribution in [0.4, 0.5) is 0 Å². The Morgan fingerprint density at radius 3 is 2.55 bits per heavy atom. The molecular weight excluding hydrogens is 302 g/mol. The molecule has 3 rings (SSSR count). The van der Waals surface area contributed by atoms with Crippen LogP contribution in [0.5, 0.6) is 0 Å². The Kier molecular flexibility index (Phi) is 5.08. The molecule has 1 atom stereocenters. The van der Waals surface area contributed by atoms with Gasteiger partial charge >= 0.3 is 0 Å². The van der Waals surface area contributed by atoms with Gasteiger partial charge in [-0.15, -0.1) is 12.4 Å². The first kappa shape index (κ1) is 16.8. The lowest BCUT2D eigenvalue weighted by atomic mass is 10.1. The van der Waals surface area contributed by atoms with Crippen molar-refractivity contribution >= 4 is 24.2 Å². The molecule has 0 spiro atoms. The van der Waals surface area contributed by atoms with Crippen molar-refractivity contribution in [3.8, 4) is 0 Å². The summed E-state index contributed by atoms with van der Waals surface area (Å²) in [5, 5.41) is 6.23. The van der Waals surface area contributed by atoms with Crippen molar-refractivity contribution in [3.05, 3.63) is 35.9 Å². The van der Waals surface area contributed by atoms with Gasteiger partial charge in [0.05, 0.1) is 0 Å². The molecule has 1 aromatic rings. The fourth-order valence-corrected chi connectivity index (χ4v) is 2.81. The molecule has 120 valence electrons. The number of carbonyl (C=O) groups is 2. The van der Waals surface area contributed by atoms with Crippen LogP contribution in [0, 0.1) is 0 Å². The topological polar surface area (TPSA) is 61.4 Å². The summed E-state index contributed by atoms with van der Waals surface area (Å²) in [4.78, 5) is 26.9. The van der Waals surface area contributed by atoms with Gasteiger partial charge in [-0.1, -0.05) is 18.2 Å². The van der Waals surface area contributed by atoms with E-state index in [2.05, 4.69) is 10.6 Å². The van der Waals surface area contributed by atoms with Crippen LogP contribution in [0.3, 0.4) is 0 Å². The number of piperazine rings is 1. The second-order valence-corrected chi connectivity index (χ2v) is 5.95. The molecule has 1 aromatic carbocycles. The zero-order chi connectivity index (χ0) is 14.9. The molecule has 2 aliphatic rings. The second-order valence-electron chi connectivity index (χ2n) is 5.95. The van der Waals surface area contributed by atoms with Crippen molar-refractivity contribution < 1.29 is 9.59 Å². The smallest absolute Gasteiger partial charge is 0.252 e. The van der Waals surface area contributed by atoms with Crippen molar-refractivity contribution in [3.63, 3.8) is 0 Å². The molecule has 1 aliphatic carbocycles. The summed E-state index contributed by atoms with van der Waals surface area (Å²) < 4.78 is 0. The fraction of sp³-hybridized carbons (Fsp3) is 0.500. The Hall–Kier alpha value is -1.59. The van der Waals surface area contributed by atoms with E-state index in [-0.39, 0.29) is 30.3 Å². The zero-order valence-corrected chi connectivity index (χ0v) is 13.5. The molecule has 22 heavy (non-hydrogen) atoms. The summed E-state index contributed by atoms with van der Waals surface area (Å²) >= 11 is 0. The Labute approximate surface area is 136 Å². The Balaban J connectivity index is 0.00000176. The van der Waals surface area contributed by atoms with Gasteiger partial charge in [0, 0.05) is 31.2 Å². The largest absolute Gasteiger partial charge is 0.338 e. The molecule has 2 amide bonds. The number of halogens is 1. The summed E-state index contributed by atoms with van der Waals surface area (Å²) in [6, 6.07) is 9.24. The number of nitrogens with one attached hydrogen (secondary N) is 2. The van der Waals surface area contributed by atoms with E-state index in [1.54, 1.807) is 12.1 Å². The highest BCUT2D eigenvalue weighted by Crippen LogP contribution is 2.38. The summed E-state index contributed by atoms with van der Waals surface area (Å²) in [7, 11) is 0. The lowest BCUT2D eigenvalue weighted by Crippen LogP contribution is -2.59. The molecule has 2 N–H and O–H groups in total. The average Bonchev–Trinajstić information content (AvgIpc) is 3.29. The Bertz CT molecular complexity index is 546. The third-order valence-corrected chi connectivity index (χ3v) is 4.31. The molecule has 1 unspecified atom stereocenters. The highest BCUT2D eigenvalue weighted by atomic mass is 35.5. The van der Waals surface area contributed by atoms with Gasteiger partial charge in [0.25, 0.3) is 5.91 Å². The van der Waals surface area contributed by atoms with Crippen LogP contribution in [0.2, 0.25) is 0 Å². The van der Waals surface area contributed by atoms with Crippen LogP contribution in [-0.4, -0.2) is 47.9 Å². The average molecular weight is 324 g/mol. The maximum absolute atomic E-state index is 12.7. The highest BCUT2D eigenvalue weighted by molar-refractivity contribution is 6.00. The number of carbonyl (C=O) groups excluding carboxylic acids is 2. The van der Waals surface area contributed by atoms with Crippen molar-refractivity contribution in [2.24, 2.45) is 0 Å². The van der Waals surface area contributed by atoms with Crippen LogP contribution >= 0.6 is 12.4 Å². The minimum atomic E-state index is -0.668. The second kappa shape index (κ2) is 6.67. The zero-order valence-electron chi connectivity index (χ0n) is 12.7. The first-order chi connectivity index (χ1) is 10.1. The summed E-state index contributed by atoms with van der Waals surface area (Å²) in [6.07, 6.45) is 1.47. The van der Waals surface area contributed by atoms with Crippen molar-refractivity contribution in [2.75, 3.05) is 19.6 Å². The number of hydrogen-bond acceptors (Lipinski definition) is 3. The maximum atomic E-state index is 12.7. The number of rotatable bonds is 3. The monoisotopic (exact) mass is 323 g/mol. The number of amides is 2. The van der Waals surface area contributed by atoms with E-state index in [1.165, 1.54) is 0 Å². The van der Waals surface area contributed by atoms with Gasteiger partial charge in [0.2, 0.25) is 5.91 Å². The lowest BCUT2D eigenvalue weighted by Gasteiger charge is -2.36. The standard InChI is InChI=1S/C16H21N3O2.ClH/c1-12-11-17-9-10-19(12)15(21)16(7-8-16)18-14(20)13-5-3-2-4-6-13;/h2-6,12,17H,7-11H2,1H3,(H,18,20);1H. The lowest BCUT2D eigenvalue weighted by molar-refractivity contribution is -0.137. The minimum absolute atomic E-state index is 0. The van der Waals surface area contributed by atoms with E-state index in [0.29, 0.717) is 12.1 Å². The number of hydrogen-bond donors (Lipinski definition) is 2. The van der Waals surface area contributed by atoms with Gasteiger partial charge in [-0.2, -0.15) is 0 Å². The quantitative estimate of drug-likeness (QED) is 0.878. The molecule has 0 aromatic heterocycles. The van der Waals surface area contributed by atoms with Gasteiger partial charge in [-0.3, -0.25) is 9.59 Å². The summed E-state index contributed by atoms with van der Waals surface area (Å²) in [5.74, 6) is -0.0926.